The number of nitrogens with zero attached hydrogens (tertiary/aromatic N) is 1. The number of benzene rings is 1. The lowest BCUT2D eigenvalue weighted by Crippen LogP contribution is -2.33. The Morgan fingerprint density at radius 2 is 2.05 bits per heavy atom. The largest absolute Gasteiger partial charge is 0.399 e. The van der Waals surface area contributed by atoms with Crippen LogP contribution in [0.15, 0.2) is 24.3 Å². The van der Waals surface area contributed by atoms with Crippen molar-refractivity contribution in [3.05, 3.63) is 24.3 Å². The minimum Gasteiger partial charge on any atom is -0.399 e. The van der Waals surface area contributed by atoms with Gasteiger partial charge in [-0.1, -0.05) is 26.2 Å². The molecule has 0 aliphatic heterocycles. The van der Waals surface area contributed by atoms with Crippen LogP contribution in [-0.2, 0) is 9.53 Å². The number of hydrogen-bond donors (Lipinski definition) is 1. The maximum Gasteiger partial charge on any atom is 0.252 e. The van der Waals surface area contributed by atoms with Gasteiger partial charge in [-0.05, 0) is 43.0 Å². The molecule has 0 heterocycles. The molecule has 0 spiro atoms. The van der Waals surface area contributed by atoms with Gasteiger partial charge in [0.05, 0.1) is 6.10 Å². The molecule has 1 saturated carbocycles. The van der Waals surface area contributed by atoms with E-state index in [0.717, 1.165) is 24.4 Å². The zero-order valence-corrected chi connectivity index (χ0v) is 13.0. The fraction of sp³-hybridized carbons (Fsp3) is 0.588. The summed E-state index contributed by atoms with van der Waals surface area (Å²) in [5.41, 5.74) is 7.20. The molecule has 0 aromatic heterocycles. The Kier molecular flexibility index (Phi) is 5.62. The van der Waals surface area contributed by atoms with E-state index in [1.807, 2.05) is 12.1 Å². The second kappa shape index (κ2) is 7.46. The highest BCUT2D eigenvalue weighted by atomic mass is 16.5. The highest BCUT2D eigenvalue weighted by Crippen LogP contribution is 2.28. The molecule has 4 heteroatoms. The number of anilines is 2. The van der Waals surface area contributed by atoms with Crippen LogP contribution >= 0.6 is 0 Å². The molecule has 0 radical (unpaired) electrons. The van der Waals surface area contributed by atoms with Crippen molar-refractivity contribution in [1.82, 2.24) is 0 Å². The maximum atomic E-state index is 12.2. The fourth-order valence-corrected chi connectivity index (χ4v) is 2.89. The first-order chi connectivity index (χ1) is 10.1. The van der Waals surface area contributed by atoms with E-state index in [1.54, 1.807) is 24.1 Å². The molecule has 4 nitrogen and oxygen atoms in total. The van der Waals surface area contributed by atoms with Crippen LogP contribution in [0.3, 0.4) is 0 Å². The number of carbonyl (C=O) groups excluding carboxylic acids is 1. The third-order valence-corrected chi connectivity index (χ3v) is 4.41. The van der Waals surface area contributed by atoms with Crippen LogP contribution in [0.1, 0.15) is 39.0 Å². The van der Waals surface area contributed by atoms with E-state index in [0.29, 0.717) is 5.69 Å². The molecule has 116 valence electrons. The lowest BCUT2D eigenvalue weighted by Gasteiger charge is -2.29. The van der Waals surface area contributed by atoms with Gasteiger partial charge < -0.3 is 15.4 Å². The normalized spacial score (nSPS) is 22.0. The predicted molar refractivity (Wildman–Crippen MR) is 86.3 cm³/mol. The highest BCUT2D eigenvalue weighted by molar-refractivity contribution is 5.93. The summed E-state index contributed by atoms with van der Waals surface area (Å²) in [5.74, 6) is 0.743. The van der Waals surface area contributed by atoms with E-state index < -0.39 is 0 Å². The molecular weight excluding hydrogens is 264 g/mol. The molecule has 1 aliphatic carbocycles. The van der Waals surface area contributed by atoms with Crippen molar-refractivity contribution in [1.29, 1.82) is 0 Å². The summed E-state index contributed by atoms with van der Waals surface area (Å²) in [6, 6.07) is 7.29. The Morgan fingerprint density at radius 3 is 2.71 bits per heavy atom. The summed E-state index contributed by atoms with van der Waals surface area (Å²) in [6.45, 7) is 2.38. The number of hydrogen-bond acceptors (Lipinski definition) is 3. The summed E-state index contributed by atoms with van der Waals surface area (Å²) >= 11 is 0. The number of nitrogen functional groups attached to an aromatic ring is 1. The van der Waals surface area contributed by atoms with Crippen molar-refractivity contribution in [3.8, 4) is 0 Å². The first-order valence-electron chi connectivity index (χ1n) is 7.83. The molecular formula is C17H26N2O2. The summed E-state index contributed by atoms with van der Waals surface area (Å²) in [7, 11) is 1.77. The standard InChI is InChI=1S/C17H26N2O2/c1-3-13-5-4-6-16(11-13)21-12-17(20)19(2)15-9-7-14(18)8-10-15/h7-10,13,16H,3-6,11-12,18H2,1-2H3. The molecule has 2 N–H and O–H groups in total. The van der Waals surface area contributed by atoms with Crippen molar-refractivity contribution in [3.63, 3.8) is 0 Å². The van der Waals surface area contributed by atoms with Gasteiger partial charge in [-0.3, -0.25) is 4.79 Å². The topological polar surface area (TPSA) is 55.6 Å². The van der Waals surface area contributed by atoms with Crippen molar-refractivity contribution >= 4 is 17.3 Å². The van der Waals surface area contributed by atoms with Gasteiger partial charge in [-0.25, -0.2) is 0 Å². The molecule has 1 fully saturated rings. The number of ether oxygens (including phenoxy) is 1. The van der Waals surface area contributed by atoms with Gasteiger partial charge in [0.15, 0.2) is 0 Å². The minimum atomic E-state index is -0.0154. The molecule has 21 heavy (non-hydrogen) atoms. The molecule has 1 aromatic rings. The second-order valence-corrected chi connectivity index (χ2v) is 5.92. The first-order valence-corrected chi connectivity index (χ1v) is 7.83. The number of rotatable bonds is 5. The van der Waals surface area contributed by atoms with Gasteiger partial charge in [0.25, 0.3) is 5.91 Å². The van der Waals surface area contributed by atoms with Crippen molar-refractivity contribution in [2.75, 3.05) is 24.3 Å². The van der Waals surface area contributed by atoms with Gasteiger partial charge in [0.1, 0.15) is 6.61 Å². The van der Waals surface area contributed by atoms with Crippen molar-refractivity contribution in [2.45, 2.75) is 45.1 Å². The zero-order chi connectivity index (χ0) is 15.2. The van der Waals surface area contributed by atoms with E-state index in [1.165, 1.54) is 19.3 Å². The minimum absolute atomic E-state index is 0.0154. The Balaban J connectivity index is 1.82. The summed E-state index contributed by atoms with van der Waals surface area (Å²) < 4.78 is 5.83. The van der Waals surface area contributed by atoms with E-state index >= 15 is 0 Å². The van der Waals surface area contributed by atoms with Gasteiger partial charge in [0.2, 0.25) is 0 Å². The molecule has 0 bridgehead atoms. The number of likely N-dealkylation sites (N-methyl/N-ethyl adjacent to an activating group) is 1. The highest BCUT2D eigenvalue weighted by Gasteiger charge is 2.22. The van der Waals surface area contributed by atoms with Crippen molar-refractivity contribution in [2.24, 2.45) is 5.92 Å². The fourth-order valence-electron chi connectivity index (χ4n) is 2.89. The summed E-state index contributed by atoms with van der Waals surface area (Å²) in [5, 5.41) is 0. The van der Waals surface area contributed by atoms with Gasteiger partial charge in [-0.2, -0.15) is 0 Å². The van der Waals surface area contributed by atoms with E-state index in [2.05, 4.69) is 6.92 Å². The Morgan fingerprint density at radius 1 is 1.33 bits per heavy atom. The Bertz CT molecular complexity index is 458. The van der Waals surface area contributed by atoms with Crippen molar-refractivity contribution < 1.29 is 9.53 Å². The molecule has 1 aromatic carbocycles. The Labute approximate surface area is 127 Å². The number of nitrogens with two attached hydrogens (primary N) is 1. The number of carbonyl (C=O) groups is 1. The third kappa shape index (κ3) is 4.46. The van der Waals surface area contributed by atoms with E-state index in [-0.39, 0.29) is 18.6 Å². The van der Waals surface area contributed by atoms with Crippen LogP contribution in [-0.4, -0.2) is 25.7 Å². The van der Waals surface area contributed by atoms with Crippen LogP contribution in [0.4, 0.5) is 11.4 Å². The quantitative estimate of drug-likeness (QED) is 0.847. The lowest BCUT2D eigenvalue weighted by molar-refractivity contribution is -0.125. The van der Waals surface area contributed by atoms with Gasteiger partial charge in [-0.15, -0.1) is 0 Å². The smallest absolute Gasteiger partial charge is 0.252 e. The molecule has 1 aliphatic rings. The van der Waals surface area contributed by atoms with Crippen LogP contribution in [0.2, 0.25) is 0 Å². The van der Waals surface area contributed by atoms with Crippen LogP contribution in [0.5, 0.6) is 0 Å². The molecule has 1 amide bonds. The van der Waals surface area contributed by atoms with Gasteiger partial charge in [0, 0.05) is 18.4 Å². The van der Waals surface area contributed by atoms with E-state index in [9.17, 15) is 4.79 Å². The molecule has 0 saturated heterocycles. The predicted octanol–water partition coefficient (Wildman–Crippen LogP) is 3.22. The average Bonchev–Trinajstić information content (AvgIpc) is 2.53. The zero-order valence-electron chi connectivity index (χ0n) is 13.0. The van der Waals surface area contributed by atoms with Crippen LogP contribution < -0.4 is 10.6 Å². The number of amides is 1. The van der Waals surface area contributed by atoms with Gasteiger partial charge >= 0.3 is 0 Å². The molecule has 2 unspecified atom stereocenters. The van der Waals surface area contributed by atoms with Crippen LogP contribution in [0.25, 0.3) is 0 Å². The Hall–Kier alpha value is -1.55. The van der Waals surface area contributed by atoms with E-state index in [4.69, 9.17) is 10.5 Å². The monoisotopic (exact) mass is 290 g/mol. The lowest BCUT2D eigenvalue weighted by atomic mass is 9.85. The van der Waals surface area contributed by atoms with Crippen LogP contribution in [0, 0.1) is 5.92 Å². The average molecular weight is 290 g/mol. The third-order valence-electron chi connectivity index (χ3n) is 4.41. The summed E-state index contributed by atoms with van der Waals surface area (Å²) in [4.78, 5) is 13.8. The second-order valence-electron chi connectivity index (χ2n) is 5.92. The maximum absolute atomic E-state index is 12.2. The SMILES string of the molecule is CCC1CCCC(OCC(=O)N(C)c2ccc(N)cc2)C1. The first kappa shape index (κ1) is 15.8. The molecule has 2 atom stereocenters. The molecule has 2 rings (SSSR count). The summed E-state index contributed by atoms with van der Waals surface area (Å²) in [6.07, 6.45) is 6.14.